The maximum atomic E-state index is 9.40. The minimum atomic E-state index is 0.248. The third-order valence-electron chi connectivity index (χ3n) is 4.43. The number of aryl methyl sites for hydroxylation is 2. The average Bonchev–Trinajstić information content (AvgIpc) is 2.55. The summed E-state index contributed by atoms with van der Waals surface area (Å²) < 4.78 is 10.6. The fourth-order valence-electron chi connectivity index (χ4n) is 2.59. The maximum Gasteiger partial charge on any atom is 0.125 e. The molecule has 4 heteroatoms. The summed E-state index contributed by atoms with van der Waals surface area (Å²) in [6.07, 6.45) is 0. The Morgan fingerprint density at radius 2 is 1.25 bits per heavy atom. The van der Waals surface area contributed by atoms with Crippen molar-refractivity contribution < 1.29 is 19.7 Å². The quantitative estimate of drug-likeness (QED) is 0.786. The second-order valence-corrected chi connectivity index (χ2v) is 5.99. The first kappa shape index (κ1) is 19.7. The molecule has 0 aromatic heterocycles. The van der Waals surface area contributed by atoms with Crippen LogP contribution in [0.3, 0.4) is 0 Å². The Balaban J connectivity index is 0.000000243. The minimum absolute atomic E-state index is 0.248. The lowest BCUT2D eigenvalue weighted by Crippen LogP contribution is -1.96. The molecule has 0 atom stereocenters. The van der Waals surface area contributed by atoms with Crippen molar-refractivity contribution in [3.63, 3.8) is 0 Å². The molecule has 0 unspecified atom stereocenters. The van der Waals surface area contributed by atoms with Crippen LogP contribution in [0.1, 0.15) is 33.4 Å². The molecule has 0 aliphatic heterocycles. The van der Waals surface area contributed by atoms with Crippen molar-refractivity contribution in [2.24, 2.45) is 0 Å². The topological polar surface area (TPSA) is 58.9 Å². The van der Waals surface area contributed by atoms with Gasteiger partial charge in [0.15, 0.2) is 0 Å². The van der Waals surface area contributed by atoms with Crippen LogP contribution in [-0.4, -0.2) is 24.4 Å². The van der Waals surface area contributed by atoms with Crippen molar-refractivity contribution in [1.29, 1.82) is 0 Å². The van der Waals surface area contributed by atoms with Gasteiger partial charge in [0.1, 0.15) is 23.0 Å². The lowest BCUT2D eigenvalue weighted by atomic mass is 10.0. The molecule has 0 saturated heterocycles. The summed E-state index contributed by atoms with van der Waals surface area (Å²) in [4.78, 5) is 0. The number of rotatable bonds is 2. The van der Waals surface area contributed by atoms with Crippen LogP contribution < -0.4 is 9.47 Å². The molecule has 0 amide bonds. The van der Waals surface area contributed by atoms with Gasteiger partial charge in [0, 0.05) is 0 Å². The molecule has 2 aromatic carbocycles. The number of aromatic hydroxyl groups is 2. The Bertz CT molecular complexity index is 707. The number of benzene rings is 2. The van der Waals surface area contributed by atoms with Crippen LogP contribution in [0.5, 0.6) is 23.0 Å². The number of phenolic OH excluding ortho intramolecular Hbond substituents is 2. The third kappa shape index (κ3) is 3.94. The second-order valence-electron chi connectivity index (χ2n) is 5.99. The van der Waals surface area contributed by atoms with Crippen LogP contribution in [0.25, 0.3) is 0 Å². The molecule has 0 aliphatic carbocycles. The number of ether oxygens (including phenoxy) is 2. The van der Waals surface area contributed by atoms with E-state index in [0.717, 1.165) is 39.3 Å². The predicted molar refractivity (Wildman–Crippen MR) is 97.7 cm³/mol. The van der Waals surface area contributed by atoms with E-state index < -0.39 is 0 Å². The van der Waals surface area contributed by atoms with E-state index in [-0.39, 0.29) is 11.5 Å². The Hall–Kier alpha value is -2.36. The molecule has 132 valence electrons. The van der Waals surface area contributed by atoms with Crippen LogP contribution in [0.2, 0.25) is 0 Å². The standard InChI is InChI=1S/C11H16O2.C9H12O2/c1-7-6-10(12-4)8(2)9(3)11(7)13-5;1-5-4-8(10)6(2)7(3)9(5)11/h6H,1-5H3;4,10-11H,1-3H3. The molecular weight excluding hydrogens is 304 g/mol. The summed E-state index contributed by atoms with van der Waals surface area (Å²) in [5, 5.41) is 18.7. The van der Waals surface area contributed by atoms with Crippen LogP contribution in [0, 0.1) is 41.5 Å². The highest BCUT2D eigenvalue weighted by Crippen LogP contribution is 2.32. The van der Waals surface area contributed by atoms with Crippen molar-refractivity contribution in [3.8, 4) is 23.0 Å². The highest BCUT2D eigenvalue weighted by atomic mass is 16.5. The number of hydrogen-bond acceptors (Lipinski definition) is 4. The van der Waals surface area contributed by atoms with Gasteiger partial charge in [0.2, 0.25) is 0 Å². The molecule has 2 rings (SSSR count). The second kappa shape index (κ2) is 7.95. The Labute approximate surface area is 144 Å². The van der Waals surface area contributed by atoms with Gasteiger partial charge >= 0.3 is 0 Å². The highest BCUT2D eigenvalue weighted by Gasteiger charge is 2.10. The normalized spacial score (nSPS) is 10.0. The van der Waals surface area contributed by atoms with E-state index in [4.69, 9.17) is 9.47 Å². The monoisotopic (exact) mass is 332 g/mol. The van der Waals surface area contributed by atoms with Crippen molar-refractivity contribution >= 4 is 0 Å². The zero-order chi connectivity index (χ0) is 18.6. The summed E-state index contributed by atoms with van der Waals surface area (Å²) in [5.74, 6) is 2.41. The van der Waals surface area contributed by atoms with Gasteiger partial charge in [-0.1, -0.05) is 0 Å². The minimum Gasteiger partial charge on any atom is -0.508 e. The molecule has 0 radical (unpaired) electrons. The van der Waals surface area contributed by atoms with E-state index in [2.05, 4.69) is 0 Å². The summed E-state index contributed by atoms with van der Waals surface area (Å²) >= 11 is 0. The Morgan fingerprint density at radius 1 is 0.667 bits per heavy atom. The summed E-state index contributed by atoms with van der Waals surface area (Å²) in [6.45, 7) is 11.4. The molecule has 2 aromatic rings. The zero-order valence-electron chi connectivity index (χ0n) is 15.9. The van der Waals surface area contributed by atoms with Crippen molar-refractivity contribution in [1.82, 2.24) is 0 Å². The SMILES string of the molecule is COc1cc(C)c(OC)c(C)c1C.Cc1cc(O)c(C)c(C)c1O. The van der Waals surface area contributed by atoms with E-state index >= 15 is 0 Å². The van der Waals surface area contributed by atoms with Crippen molar-refractivity contribution in [2.45, 2.75) is 41.5 Å². The maximum absolute atomic E-state index is 9.40. The lowest BCUT2D eigenvalue weighted by molar-refractivity contribution is 0.395. The molecular formula is C20H28O4. The van der Waals surface area contributed by atoms with Crippen molar-refractivity contribution in [3.05, 3.63) is 45.5 Å². The first-order valence-electron chi connectivity index (χ1n) is 7.83. The summed E-state index contributed by atoms with van der Waals surface area (Å²) in [5.41, 5.74) is 5.62. The largest absolute Gasteiger partial charge is 0.508 e. The highest BCUT2D eigenvalue weighted by molar-refractivity contribution is 5.52. The first-order valence-corrected chi connectivity index (χ1v) is 7.83. The van der Waals surface area contributed by atoms with Gasteiger partial charge < -0.3 is 19.7 Å². The van der Waals surface area contributed by atoms with Crippen LogP contribution in [-0.2, 0) is 0 Å². The third-order valence-corrected chi connectivity index (χ3v) is 4.43. The number of methoxy groups -OCH3 is 2. The predicted octanol–water partition coefficient (Wildman–Crippen LogP) is 4.65. The smallest absolute Gasteiger partial charge is 0.125 e. The number of hydrogen-bond donors (Lipinski definition) is 2. The molecule has 24 heavy (non-hydrogen) atoms. The summed E-state index contributed by atoms with van der Waals surface area (Å²) in [7, 11) is 3.38. The zero-order valence-corrected chi connectivity index (χ0v) is 15.9. The Kier molecular flexibility index (Phi) is 6.52. The molecule has 0 aliphatic rings. The molecule has 4 nitrogen and oxygen atoms in total. The van der Waals surface area contributed by atoms with E-state index in [9.17, 15) is 10.2 Å². The van der Waals surface area contributed by atoms with Gasteiger partial charge in [-0.2, -0.15) is 0 Å². The average molecular weight is 332 g/mol. The van der Waals surface area contributed by atoms with Crippen molar-refractivity contribution in [2.75, 3.05) is 14.2 Å². The van der Waals surface area contributed by atoms with Crippen LogP contribution >= 0.6 is 0 Å². The summed E-state index contributed by atoms with van der Waals surface area (Å²) in [6, 6.07) is 3.57. The van der Waals surface area contributed by atoms with Gasteiger partial charge in [-0.25, -0.2) is 0 Å². The fraction of sp³-hybridized carbons (Fsp3) is 0.400. The lowest BCUT2D eigenvalue weighted by Gasteiger charge is -2.14. The molecule has 0 bridgehead atoms. The van der Waals surface area contributed by atoms with E-state index in [1.54, 1.807) is 41.1 Å². The Morgan fingerprint density at radius 3 is 1.75 bits per heavy atom. The molecule has 0 spiro atoms. The molecule has 0 saturated carbocycles. The van der Waals surface area contributed by atoms with Gasteiger partial charge in [0.05, 0.1) is 14.2 Å². The molecule has 0 fully saturated rings. The molecule has 0 heterocycles. The van der Waals surface area contributed by atoms with Crippen LogP contribution in [0.4, 0.5) is 0 Å². The van der Waals surface area contributed by atoms with Crippen LogP contribution in [0.15, 0.2) is 12.1 Å². The molecule has 2 N–H and O–H groups in total. The first-order chi connectivity index (χ1) is 11.1. The van der Waals surface area contributed by atoms with Gasteiger partial charge in [0.25, 0.3) is 0 Å². The van der Waals surface area contributed by atoms with E-state index in [0.29, 0.717) is 5.56 Å². The van der Waals surface area contributed by atoms with Gasteiger partial charge in [-0.15, -0.1) is 0 Å². The van der Waals surface area contributed by atoms with Gasteiger partial charge in [-0.05, 0) is 87.1 Å². The fourth-order valence-corrected chi connectivity index (χ4v) is 2.59. The van der Waals surface area contributed by atoms with E-state index in [1.807, 2.05) is 26.8 Å². The number of phenols is 2. The van der Waals surface area contributed by atoms with Gasteiger partial charge in [-0.3, -0.25) is 0 Å². The van der Waals surface area contributed by atoms with E-state index in [1.165, 1.54) is 0 Å².